The third-order valence-electron chi connectivity index (χ3n) is 4.77. The maximum Gasteiger partial charge on any atom is 0.128 e. The molecule has 1 N–H and O–H groups in total. The van der Waals surface area contributed by atoms with Crippen LogP contribution in [0.3, 0.4) is 0 Å². The van der Waals surface area contributed by atoms with Crippen LogP contribution in [-0.2, 0) is 6.42 Å². The highest BCUT2D eigenvalue weighted by Crippen LogP contribution is 2.30. The molecule has 3 rings (SSSR count). The molecule has 21 heavy (non-hydrogen) atoms. The third-order valence-corrected chi connectivity index (χ3v) is 4.77. The van der Waals surface area contributed by atoms with Gasteiger partial charge in [0.25, 0.3) is 0 Å². The van der Waals surface area contributed by atoms with Crippen molar-refractivity contribution in [3.05, 3.63) is 23.4 Å². The fourth-order valence-corrected chi connectivity index (χ4v) is 3.45. The fraction of sp³-hybridized carbons (Fsp3) is 0.706. The van der Waals surface area contributed by atoms with E-state index in [1.165, 1.54) is 49.4 Å². The van der Waals surface area contributed by atoms with E-state index in [2.05, 4.69) is 36.2 Å². The lowest BCUT2D eigenvalue weighted by Crippen LogP contribution is -2.31. The first kappa shape index (κ1) is 16.6. The van der Waals surface area contributed by atoms with Gasteiger partial charge < -0.3 is 10.2 Å². The van der Waals surface area contributed by atoms with E-state index in [0.29, 0.717) is 11.8 Å². The van der Waals surface area contributed by atoms with Gasteiger partial charge in [-0.25, -0.2) is 4.98 Å². The smallest absolute Gasteiger partial charge is 0.128 e. The van der Waals surface area contributed by atoms with Gasteiger partial charge in [0.1, 0.15) is 5.82 Å². The molecule has 4 heteroatoms. The van der Waals surface area contributed by atoms with Crippen molar-refractivity contribution < 1.29 is 0 Å². The molecule has 1 aromatic heterocycles. The summed E-state index contributed by atoms with van der Waals surface area (Å²) < 4.78 is 0. The Labute approximate surface area is 134 Å². The number of nitrogens with zero attached hydrogens (tertiary/aromatic N) is 2. The van der Waals surface area contributed by atoms with Crippen LogP contribution >= 0.6 is 12.4 Å². The van der Waals surface area contributed by atoms with Crippen LogP contribution in [0.5, 0.6) is 0 Å². The Bertz CT molecular complexity index is 455. The number of rotatable bonds is 2. The van der Waals surface area contributed by atoms with E-state index in [-0.39, 0.29) is 12.4 Å². The molecule has 1 saturated heterocycles. The lowest BCUT2D eigenvalue weighted by atomic mass is 9.89. The van der Waals surface area contributed by atoms with Gasteiger partial charge in [0.2, 0.25) is 0 Å². The first-order valence-corrected chi connectivity index (χ1v) is 8.21. The molecule has 0 aromatic carbocycles. The van der Waals surface area contributed by atoms with E-state index in [1.54, 1.807) is 0 Å². The fourth-order valence-electron chi connectivity index (χ4n) is 3.45. The van der Waals surface area contributed by atoms with E-state index in [9.17, 15) is 0 Å². The largest absolute Gasteiger partial charge is 0.357 e. The van der Waals surface area contributed by atoms with Crippen molar-refractivity contribution in [3.63, 3.8) is 0 Å². The first-order valence-electron chi connectivity index (χ1n) is 8.21. The summed E-state index contributed by atoms with van der Waals surface area (Å²) in [6, 6.07) is 4.57. The monoisotopic (exact) mass is 309 g/mol. The molecule has 1 fully saturated rings. The highest BCUT2D eigenvalue weighted by molar-refractivity contribution is 5.85. The number of fused-ring (bicyclic) bond motifs is 1. The SMILES string of the molecule is CC(C)C1CNCCc2ccc(N3CCCCC3)nc21.Cl. The Kier molecular flexibility index (Phi) is 5.88. The zero-order chi connectivity index (χ0) is 13.9. The molecule has 0 spiro atoms. The maximum absolute atomic E-state index is 5.09. The summed E-state index contributed by atoms with van der Waals surface area (Å²) in [6.45, 7) is 9.14. The topological polar surface area (TPSA) is 28.2 Å². The highest BCUT2D eigenvalue weighted by atomic mass is 35.5. The predicted octanol–water partition coefficient (Wildman–Crippen LogP) is 3.38. The van der Waals surface area contributed by atoms with Crippen LogP contribution in [0.15, 0.2) is 12.1 Å². The number of anilines is 1. The standard InChI is InChI=1S/C17H27N3.ClH/c1-13(2)15-12-18-9-8-14-6-7-16(19-17(14)15)20-10-4-3-5-11-20;/h6-7,13,15,18H,3-5,8-12H2,1-2H3;1H. The zero-order valence-corrected chi connectivity index (χ0v) is 14.1. The zero-order valence-electron chi connectivity index (χ0n) is 13.3. The molecular formula is C17H28ClN3. The van der Waals surface area contributed by atoms with Crippen molar-refractivity contribution in [1.82, 2.24) is 10.3 Å². The summed E-state index contributed by atoms with van der Waals surface area (Å²) in [5.41, 5.74) is 2.81. The van der Waals surface area contributed by atoms with E-state index >= 15 is 0 Å². The molecular weight excluding hydrogens is 282 g/mol. The summed E-state index contributed by atoms with van der Waals surface area (Å²) in [5, 5.41) is 3.57. The number of piperidine rings is 1. The molecule has 3 nitrogen and oxygen atoms in total. The van der Waals surface area contributed by atoms with E-state index in [4.69, 9.17) is 4.98 Å². The number of nitrogens with one attached hydrogen (secondary N) is 1. The number of hydrogen-bond acceptors (Lipinski definition) is 3. The van der Waals surface area contributed by atoms with Gasteiger partial charge in [-0.1, -0.05) is 19.9 Å². The average Bonchev–Trinajstić information content (AvgIpc) is 2.69. The highest BCUT2D eigenvalue weighted by Gasteiger charge is 2.24. The predicted molar refractivity (Wildman–Crippen MR) is 91.7 cm³/mol. The number of aromatic nitrogens is 1. The second-order valence-corrected chi connectivity index (χ2v) is 6.57. The van der Waals surface area contributed by atoms with Gasteiger partial charge in [-0.3, -0.25) is 0 Å². The summed E-state index contributed by atoms with van der Waals surface area (Å²) in [4.78, 5) is 7.56. The summed E-state index contributed by atoms with van der Waals surface area (Å²) in [5.74, 6) is 2.40. The Morgan fingerprint density at radius 2 is 1.95 bits per heavy atom. The Morgan fingerprint density at radius 3 is 2.67 bits per heavy atom. The maximum atomic E-state index is 5.09. The molecule has 0 radical (unpaired) electrons. The summed E-state index contributed by atoms with van der Waals surface area (Å²) in [7, 11) is 0. The van der Waals surface area contributed by atoms with Crippen LogP contribution in [-0.4, -0.2) is 31.2 Å². The third kappa shape index (κ3) is 3.70. The van der Waals surface area contributed by atoms with Crippen molar-refractivity contribution in [2.75, 3.05) is 31.1 Å². The van der Waals surface area contributed by atoms with E-state index < -0.39 is 0 Å². The Morgan fingerprint density at radius 1 is 1.19 bits per heavy atom. The van der Waals surface area contributed by atoms with Crippen molar-refractivity contribution >= 4 is 18.2 Å². The van der Waals surface area contributed by atoms with Gasteiger partial charge in [0, 0.05) is 25.6 Å². The van der Waals surface area contributed by atoms with E-state index in [0.717, 1.165) is 19.5 Å². The van der Waals surface area contributed by atoms with Crippen LogP contribution in [0, 0.1) is 5.92 Å². The quantitative estimate of drug-likeness (QED) is 0.908. The van der Waals surface area contributed by atoms with Crippen LogP contribution in [0.1, 0.15) is 50.3 Å². The Hall–Kier alpha value is -0.800. The average molecular weight is 310 g/mol. The summed E-state index contributed by atoms with van der Waals surface area (Å²) in [6.07, 6.45) is 5.12. The second kappa shape index (κ2) is 7.46. The lowest BCUT2D eigenvalue weighted by Gasteiger charge is -2.29. The molecule has 1 unspecified atom stereocenters. The molecule has 1 aromatic rings. The second-order valence-electron chi connectivity index (χ2n) is 6.57. The normalized spacial score (nSPS) is 22.4. The van der Waals surface area contributed by atoms with Gasteiger partial charge in [-0.15, -0.1) is 12.4 Å². The van der Waals surface area contributed by atoms with Gasteiger partial charge >= 0.3 is 0 Å². The van der Waals surface area contributed by atoms with Crippen molar-refractivity contribution in [3.8, 4) is 0 Å². The molecule has 0 amide bonds. The minimum absolute atomic E-state index is 0. The van der Waals surface area contributed by atoms with Gasteiger partial charge in [0.15, 0.2) is 0 Å². The first-order chi connectivity index (χ1) is 9.75. The molecule has 0 saturated carbocycles. The number of hydrogen-bond donors (Lipinski definition) is 1. The van der Waals surface area contributed by atoms with Gasteiger partial charge in [-0.2, -0.15) is 0 Å². The van der Waals surface area contributed by atoms with Crippen LogP contribution in [0.4, 0.5) is 5.82 Å². The molecule has 2 aliphatic heterocycles. The molecule has 1 atom stereocenters. The molecule has 0 bridgehead atoms. The minimum Gasteiger partial charge on any atom is -0.357 e. The number of halogens is 1. The number of pyridine rings is 1. The lowest BCUT2D eigenvalue weighted by molar-refractivity contribution is 0.466. The molecule has 2 aliphatic rings. The van der Waals surface area contributed by atoms with Crippen LogP contribution in [0.2, 0.25) is 0 Å². The minimum atomic E-state index is 0. The van der Waals surface area contributed by atoms with E-state index in [1.807, 2.05) is 0 Å². The molecule has 118 valence electrons. The van der Waals surface area contributed by atoms with Crippen molar-refractivity contribution in [2.24, 2.45) is 5.92 Å². The van der Waals surface area contributed by atoms with Crippen molar-refractivity contribution in [2.45, 2.75) is 45.4 Å². The van der Waals surface area contributed by atoms with Gasteiger partial charge in [-0.05, 0) is 49.8 Å². The van der Waals surface area contributed by atoms with Crippen LogP contribution < -0.4 is 10.2 Å². The van der Waals surface area contributed by atoms with Crippen LogP contribution in [0.25, 0.3) is 0 Å². The van der Waals surface area contributed by atoms with Gasteiger partial charge in [0.05, 0.1) is 5.69 Å². The molecule has 0 aliphatic carbocycles. The molecule has 3 heterocycles. The summed E-state index contributed by atoms with van der Waals surface area (Å²) >= 11 is 0. The Balaban J connectivity index is 0.00000161. The van der Waals surface area contributed by atoms with Crippen molar-refractivity contribution in [1.29, 1.82) is 0 Å².